The molecule has 0 radical (unpaired) electrons. The minimum Gasteiger partial charge on any atom is -0.314 e. The molecule has 0 aromatic heterocycles. The molecule has 2 heteroatoms. The van der Waals surface area contributed by atoms with Gasteiger partial charge in [0.1, 0.15) is 0 Å². The van der Waals surface area contributed by atoms with Gasteiger partial charge in [0, 0.05) is 18.6 Å². The number of hydrogen-bond acceptors (Lipinski definition) is 2. The topological polar surface area (TPSA) is 15.3 Å². The fraction of sp³-hybridized carbons (Fsp3) is 1.00. The van der Waals surface area contributed by atoms with Crippen molar-refractivity contribution in [3.8, 4) is 0 Å². The van der Waals surface area contributed by atoms with Crippen LogP contribution < -0.4 is 5.32 Å². The third kappa shape index (κ3) is 3.74. The van der Waals surface area contributed by atoms with Crippen LogP contribution in [-0.2, 0) is 0 Å². The molecule has 2 nitrogen and oxygen atoms in total. The largest absolute Gasteiger partial charge is 0.314 e. The van der Waals surface area contributed by atoms with Crippen LogP contribution in [0.3, 0.4) is 0 Å². The Morgan fingerprint density at radius 2 is 1.88 bits per heavy atom. The number of rotatable bonds is 7. The molecule has 0 aliphatic heterocycles. The van der Waals surface area contributed by atoms with E-state index in [0.717, 1.165) is 24.5 Å². The standard InChI is InChI=1S/C14H30N2/c1-5-13(6-2)16(4)11-12-9-8-10-14(12)15-7-3/h12-15H,5-11H2,1-4H3. The normalized spacial score (nSPS) is 25.9. The van der Waals surface area contributed by atoms with Gasteiger partial charge >= 0.3 is 0 Å². The van der Waals surface area contributed by atoms with E-state index in [0.29, 0.717) is 0 Å². The van der Waals surface area contributed by atoms with E-state index >= 15 is 0 Å². The first kappa shape index (κ1) is 14.0. The molecule has 0 saturated heterocycles. The van der Waals surface area contributed by atoms with E-state index in [-0.39, 0.29) is 0 Å². The molecule has 2 atom stereocenters. The van der Waals surface area contributed by atoms with Crippen LogP contribution in [0, 0.1) is 5.92 Å². The fourth-order valence-electron chi connectivity index (χ4n) is 3.22. The average molecular weight is 226 g/mol. The van der Waals surface area contributed by atoms with Gasteiger partial charge in [0.15, 0.2) is 0 Å². The van der Waals surface area contributed by atoms with Crippen molar-refractivity contribution in [3.05, 3.63) is 0 Å². The van der Waals surface area contributed by atoms with Crippen LogP contribution in [0.5, 0.6) is 0 Å². The second-order valence-corrected chi connectivity index (χ2v) is 5.27. The predicted molar refractivity (Wildman–Crippen MR) is 71.8 cm³/mol. The van der Waals surface area contributed by atoms with Gasteiger partial charge in [-0.25, -0.2) is 0 Å². The van der Waals surface area contributed by atoms with E-state index in [4.69, 9.17) is 0 Å². The van der Waals surface area contributed by atoms with Crippen LogP contribution in [0.25, 0.3) is 0 Å². The molecular formula is C14H30N2. The molecule has 0 heterocycles. The maximum Gasteiger partial charge on any atom is 0.0107 e. The predicted octanol–water partition coefficient (Wildman–Crippen LogP) is 2.89. The lowest BCUT2D eigenvalue weighted by Gasteiger charge is -2.31. The van der Waals surface area contributed by atoms with Crippen molar-refractivity contribution in [2.24, 2.45) is 5.92 Å². The van der Waals surface area contributed by atoms with Gasteiger partial charge < -0.3 is 10.2 Å². The number of nitrogens with zero attached hydrogens (tertiary/aromatic N) is 1. The maximum atomic E-state index is 3.65. The summed E-state index contributed by atoms with van der Waals surface area (Å²) in [4.78, 5) is 2.58. The average Bonchev–Trinajstić information content (AvgIpc) is 2.68. The highest BCUT2D eigenvalue weighted by Gasteiger charge is 2.28. The summed E-state index contributed by atoms with van der Waals surface area (Å²) in [6, 6.07) is 1.56. The van der Waals surface area contributed by atoms with Crippen molar-refractivity contribution in [3.63, 3.8) is 0 Å². The third-order valence-corrected chi connectivity index (χ3v) is 4.21. The lowest BCUT2D eigenvalue weighted by atomic mass is 10.0. The van der Waals surface area contributed by atoms with Crippen molar-refractivity contribution in [1.82, 2.24) is 10.2 Å². The summed E-state index contributed by atoms with van der Waals surface area (Å²) in [7, 11) is 2.30. The lowest BCUT2D eigenvalue weighted by molar-refractivity contribution is 0.184. The Bertz CT molecular complexity index is 178. The molecule has 0 aromatic rings. The number of nitrogens with one attached hydrogen (secondary N) is 1. The van der Waals surface area contributed by atoms with Crippen LogP contribution in [0.4, 0.5) is 0 Å². The van der Waals surface area contributed by atoms with Crippen molar-refractivity contribution in [2.75, 3.05) is 20.1 Å². The van der Waals surface area contributed by atoms with E-state index in [9.17, 15) is 0 Å². The zero-order valence-corrected chi connectivity index (χ0v) is 11.6. The Hall–Kier alpha value is -0.0800. The molecule has 0 amide bonds. The van der Waals surface area contributed by atoms with Crippen molar-refractivity contribution >= 4 is 0 Å². The second-order valence-electron chi connectivity index (χ2n) is 5.27. The van der Waals surface area contributed by atoms with Gasteiger partial charge in [-0.05, 0) is 45.2 Å². The molecule has 1 saturated carbocycles. The van der Waals surface area contributed by atoms with E-state index in [1.165, 1.54) is 38.6 Å². The van der Waals surface area contributed by atoms with E-state index in [1.54, 1.807) is 0 Å². The van der Waals surface area contributed by atoms with Gasteiger partial charge in [0.2, 0.25) is 0 Å². The summed E-state index contributed by atoms with van der Waals surface area (Å²) in [5.74, 6) is 0.880. The zero-order chi connectivity index (χ0) is 12.0. The minimum atomic E-state index is 0.779. The molecule has 1 aliphatic carbocycles. The zero-order valence-electron chi connectivity index (χ0n) is 11.6. The van der Waals surface area contributed by atoms with E-state index in [1.807, 2.05) is 0 Å². The summed E-state index contributed by atoms with van der Waals surface area (Å²) >= 11 is 0. The molecule has 1 N–H and O–H groups in total. The summed E-state index contributed by atoms with van der Waals surface area (Å²) in [5, 5.41) is 3.65. The van der Waals surface area contributed by atoms with Crippen LogP contribution in [0.15, 0.2) is 0 Å². The third-order valence-electron chi connectivity index (χ3n) is 4.21. The van der Waals surface area contributed by atoms with Gasteiger partial charge in [-0.3, -0.25) is 0 Å². The molecule has 1 fully saturated rings. The molecule has 2 unspecified atom stereocenters. The number of hydrogen-bond donors (Lipinski definition) is 1. The van der Waals surface area contributed by atoms with Gasteiger partial charge in [-0.1, -0.05) is 27.2 Å². The summed E-state index contributed by atoms with van der Waals surface area (Å²) < 4.78 is 0. The Kier molecular flexibility index (Phi) is 6.37. The SMILES string of the molecule is CCNC1CCCC1CN(C)C(CC)CC. The first-order valence-electron chi connectivity index (χ1n) is 7.16. The molecule has 1 rings (SSSR count). The van der Waals surface area contributed by atoms with Crippen LogP contribution in [-0.4, -0.2) is 37.1 Å². The minimum absolute atomic E-state index is 0.779. The fourth-order valence-corrected chi connectivity index (χ4v) is 3.22. The first-order valence-corrected chi connectivity index (χ1v) is 7.16. The van der Waals surface area contributed by atoms with E-state index < -0.39 is 0 Å². The van der Waals surface area contributed by atoms with Crippen LogP contribution in [0.1, 0.15) is 52.9 Å². The lowest BCUT2D eigenvalue weighted by Crippen LogP contribution is -2.41. The first-order chi connectivity index (χ1) is 7.72. The molecule has 16 heavy (non-hydrogen) atoms. The molecule has 96 valence electrons. The second kappa shape index (κ2) is 7.29. The molecule has 1 aliphatic rings. The molecule has 0 aromatic carbocycles. The Morgan fingerprint density at radius 3 is 2.44 bits per heavy atom. The van der Waals surface area contributed by atoms with Crippen molar-refractivity contribution in [1.29, 1.82) is 0 Å². The molecule has 0 spiro atoms. The highest BCUT2D eigenvalue weighted by atomic mass is 15.1. The highest BCUT2D eigenvalue weighted by Crippen LogP contribution is 2.27. The monoisotopic (exact) mass is 226 g/mol. The summed E-state index contributed by atoms with van der Waals surface area (Å²) in [6.07, 6.45) is 6.79. The van der Waals surface area contributed by atoms with Gasteiger partial charge in [-0.2, -0.15) is 0 Å². The van der Waals surface area contributed by atoms with Crippen LogP contribution >= 0.6 is 0 Å². The summed E-state index contributed by atoms with van der Waals surface area (Å²) in [6.45, 7) is 9.24. The Balaban J connectivity index is 2.39. The van der Waals surface area contributed by atoms with Gasteiger partial charge in [-0.15, -0.1) is 0 Å². The van der Waals surface area contributed by atoms with Crippen LogP contribution in [0.2, 0.25) is 0 Å². The maximum absolute atomic E-state index is 3.65. The quantitative estimate of drug-likeness (QED) is 0.718. The Morgan fingerprint density at radius 1 is 1.19 bits per heavy atom. The molecular weight excluding hydrogens is 196 g/mol. The molecule has 0 bridgehead atoms. The van der Waals surface area contributed by atoms with E-state index in [2.05, 4.69) is 38.0 Å². The summed E-state index contributed by atoms with van der Waals surface area (Å²) in [5.41, 5.74) is 0. The highest BCUT2D eigenvalue weighted by molar-refractivity contribution is 4.85. The smallest absolute Gasteiger partial charge is 0.0107 e. The van der Waals surface area contributed by atoms with Gasteiger partial charge in [0.25, 0.3) is 0 Å². The van der Waals surface area contributed by atoms with Crippen molar-refractivity contribution < 1.29 is 0 Å². The van der Waals surface area contributed by atoms with Crippen molar-refractivity contribution in [2.45, 2.75) is 65.0 Å². The van der Waals surface area contributed by atoms with Gasteiger partial charge in [0.05, 0.1) is 0 Å². The Labute approximate surface area is 102 Å².